The number of thioether (sulfide) groups is 1. The maximum atomic E-state index is 13.4. The zero-order chi connectivity index (χ0) is 20.1. The van der Waals surface area contributed by atoms with Gasteiger partial charge in [0.2, 0.25) is 0 Å². The van der Waals surface area contributed by atoms with Gasteiger partial charge in [0.25, 0.3) is 0 Å². The van der Waals surface area contributed by atoms with E-state index in [2.05, 4.69) is 18.3 Å². The Morgan fingerprint density at radius 1 is 1.18 bits per heavy atom. The minimum Gasteiger partial charge on any atom is -0.353 e. The van der Waals surface area contributed by atoms with Crippen molar-refractivity contribution in [1.29, 1.82) is 5.26 Å². The van der Waals surface area contributed by atoms with Crippen LogP contribution in [0.2, 0.25) is 5.02 Å². The fraction of sp³-hybridized carbons (Fsp3) is 0.217. The van der Waals surface area contributed by atoms with Crippen LogP contribution < -0.4 is 5.32 Å². The van der Waals surface area contributed by atoms with Gasteiger partial charge in [-0.3, -0.25) is 4.79 Å². The van der Waals surface area contributed by atoms with Gasteiger partial charge in [-0.15, -0.1) is 11.8 Å². The fourth-order valence-electron chi connectivity index (χ4n) is 3.30. The highest BCUT2D eigenvalue weighted by molar-refractivity contribution is 8.03. The molecule has 0 unspecified atom stereocenters. The van der Waals surface area contributed by atoms with E-state index >= 15 is 0 Å². The molecule has 0 fully saturated rings. The predicted molar refractivity (Wildman–Crippen MR) is 116 cm³/mol. The minimum atomic E-state index is -0.494. The summed E-state index contributed by atoms with van der Waals surface area (Å²) < 4.78 is 0. The number of carbonyl (C=O) groups is 1. The number of allylic oxidation sites excluding steroid dienone is 3. The highest BCUT2D eigenvalue weighted by atomic mass is 35.5. The lowest BCUT2D eigenvalue weighted by molar-refractivity contribution is 0.102. The third-order valence-corrected chi connectivity index (χ3v) is 6.16. The van der Waals surface area contributed by atoms with Crippen LogP contribution in [-0.2, 0) is 0 Å². The Kier molecular flexibility index (Phi) is 6.61. The SMILES string of the molecule is CCCSC1=C(C#N)[C@@H](c2ccccc2Cl)C(C(=O)c2ccccc2)=C(C)N1. The number of nitrogens with zero attached hydrogens (tertiary/aromatic N) is 1. The van der Waals surface area contributed by atoms with Gasteiger partial charge in [-0.05, 0) is 30.7 Å². The third kappa shape index (κ3) is 4.01. The lowest BCUT2D eigenvalue weighted by atomic mass is 9.79. The van der Waals surface area contributed by atoms with Crippen LogP contribution in [0.25, 0.3) is 0 Å². The zero-order valence-corrected chi connectivity index (χ0v) is 17.4. The molecule has 2 aromatic rings. The maximum Gasteiger partial charge on any atom is 0.191 e. The van der Waals surface area contributed by atoms with Crippen LogP contribution in [0.15, 0.2) is 76.5 Å². The van der Waals surface area contributed by atoms with Gasteiger partial charge in [0.15, 0.2) is 5.78 Å². The van der Waals surface area contributed by atoms with Crippen LogP contribution in [0.4, 0.5) is 0 Å². The smallest absolute Gasteiger partial charge is 0.191 e. The summed E-state index contributed by atoms with van der Waals surface area (Å²) in [7, 11) is 0. The summed E-state index contributed by atoms with van der Waals surface area (Å²) in [5.74, 6) is 0.299. The number of rotatable bonds is 6. The highest BCUT2D eigenvalue weighted by Crippen LogP contribution is 2.43. The number of nitriles is 1. The topological polar surface area (TPSA) is 52.9 Å². The molecule has 1 aliphatic rings. The molecule has 0 aromatic heterocycles. The second-order valence-corrected chi connectivity index (χ2v) is 8.03. The molecule has 1 atom stereocenters. The summed E-state index contributed by atoms with van der Waals surface area (Å²) in [6.45, 7) is 3.99. The standard InChI is InChI=1S/C23H21ClN2OS/c1-3-13-28-23-18(14-25)21(17-11-7-8-12-19(17)24)20(15(2)26-23)22(27)16-9-5-4-6-10-16/h4-12,21,26H,3,13H2,1-2H3/t21-/m1/s1. The maximum absolute atomic E-state index is 13.4. The molecule has 0 aliphatic carbocycles. The molecular formula is C23H21ClN2OS. The Morgan fingerprint density at radius 3 is 2.50 bits per heavy atom. The van der Waals surface area contributed by atoms with Crippen molar-refractivity contribution < 1.29 is 4.79 Å². The largest absolute Gasteiger partial charge is 0.353 e. The molecular weight excluding hydrogens is 388 g/mol. The van der Waals surface area contributed by atoms with Crippen molar-refractivity contribution in [1.82, 2.24) is 5.32 Å². The number of hydrogen-bond donors (Lipinski definition) is 1. The molecule has 2 aromatic carbocycles. The molecule has 5 heteroatoms. The quantitative estimate of drug-likeness (QED) is 0.590. The molecule has 3 rings (SSSR count). The van der Waals surface area contributed by atoms with Crippen LogP contribution in [0.5, 0.6) is 0 Å². The van der Waals surface area contributed by atoms with Crippen LogP contribution in [-0.4, -0.2) is 11.5 Å². The first-order valence-electron chi connectivity index (χ1n) is 9.17. The van der Waals surface area contributed by atoms with Crippen LogP contribution in [0.3, 0.4) is 0 Å². The third-order valence-electron chi connectivity index (χ3n) is 4.59. The van der Waals surface area contributed by atoms with Crippen molar-refractivity contribution in [3.05, 3.63) is 92.6 Å². The summed E-state index contributed by atoms with van der Waals surface area (Å²) in [5.41, 5.74) is 3.23. The van der Waals surface area contributed by atoms with E-state index in [-0.39, 0.29) is 5.78 Å². The van der Waals surface area contributed by atoms with Crippen molar-refractivity contribution >= 4 is 29.1 Å². The molecule has 0 saturated carbocycles. The number of hydrogen-bond acceptors (Lipinski definition) is 4. The van der Waals surface area contributed by atoms with Crippen molar-refractivity contribution in [2.45, 2.75) is 26.2 Å². The van der Waals surface area contributed by atoms with Gasteiger partial charge >= 0.3 is 0 Å². The number of halogens is 1. The van der Waals surface area contributed by atoms with Crippen LogP contribution in [0.1, 0.15) is 42.1 Å². The number of carbonyl (C=O) groups excluding carboxylic acids is 1. The van der Waals surface area contributed by atoms with E-state index in [9.17, 15) is 10.1 Å². The summed E-state index contributed by atoms with van der Waals surface area (Å²) >= 11 is 8.11. The van der Waals surface area contributed by atoms with Crippen LogP contribution >= 0.6 is 23.4 Å². The predicted octanol–water partition coefficient (Wildman–Crippen LogP) is 6.06. The van der Waals surface area contributed by atoms with E-state index in [0.717, 1.165) is 28.5 Å². The van der Waals surface area contributed by atoms with E-state index in [4.69, 9.17) is 11.6 Å². The summed E-state index contributed by atoms with van der Waals surface area (Å²) in [6, 6.07) is 18.9. The summed E-state index contributed by atoms with van der Waals surface area (Å²) in [4.78, 5) is 13.4. The normalized spacial score (nSPS) is 16.6. The second-order valence-electron chi connectivity index (χ2n) is 6.52. The van der Waals surface area contributed by atoms with Crippen molar-refractivity contribution in [3.8, 4) is 6.07 Å². The van der Waals surface area contributed by atoms with E-state index in [1.807, 2.05) is 43.3 Å². The van der Waals surface area contributed by atoms with Gasteiger partial charge in [0.05, 0.1) is 22.6 Å². The summed E-state index contributed by atoms with van der Waals surface area (Å²) in [5, 5.41) is 14.7. The fourth-order valence-corrected chi connectivity index (χ4v) is 4.49. The molecule has 0 saturated heterocycles. The van der Waals surface area contributed by atoms with Crippen molar-refractivity contribution in [2.75, 3.05) is 5.75 Å². The average Bonchev–Trinajstić information content (AvgIpc) is 2.72. The lowest BCUT2D eigenvalue weighted by Gasteiger charge is -2.30. The monoisotopic (exact) mass is 408 g/mol. The molecule has 0 radical (unpaired) electrons. The van der Waals surface area contributed by atoms with Crippen LogP contribution in [0, 0.1) is 11.3 Å². The van der Waals surface area contributed by atoms with Gasteiger partial charge in [0.1, 0.15) is 0 Å². The zero-order valence-electron chi connectivity index (χ0n) is 15.8. The number of nitrogens with one attached hydrogen (secondary N) is 1. The number of ketones is 1. The molecule has 1 N–H and O–H groups in total. The molecule has 1 aliphatic heterocycles. The van der Waals surface area contributed by atoms with Gasteiger partial charge in [-0.25, -0.2) is 0 Å². The molecule has 0 bridgehead atoms. The average molecular weight is 409 g/mol. The Balaban J connectivity index is 2.18. The van der Waals surface area contributed by atoms with E-state index in [1.165, 1.54) is 0 Å². The molecule has 0 amide bonds. The van der Waals surface area contributed by atoms with Gasteiger partial charge in [0, 0.05) is 21.9 Å². The Morgan fingerprint density at radius 2 is 1.86 bits per heavy atom. The highest BCUT2D eigenvalue weighted by Gasteiger charge is 2.35. The van der Waals surface area contributed by atoms with Gasteiger partial charge in [-0.2, -0.15) is 5.26 Å². The van der Waals surface area contributed by atoms with Gasteiger partial charge in [-0.1, -0.05) is 67.1 Å². The molecule has 0 spiro atoms. The Labute approximate surface area is 175 Å². The molecule has 3 nitrogen and oxygen atoms in total. The number of Topliss-reactive ketones (excluding diaryl/α,β-unsaturated/α-hetero) is 1. The second kappa shape index (κ2) is 9.14. The van der Waals surface area contributed by atoms with E-state index < -0.39 is 5.92 Å². The van der Waals surface area contributed by atoms with Crippen molar-refractivity contribution in [2.24, 2.45) is 0 Å². The van der Waals surface area contributed by atoms with Gasteiger partial charge < -0.3 is 5.32 Å². The van der Waals surface area contributed by atoms with E-state index in [0.29, 0.717) is 21.7 Å². The minimum absolute atomic E-state index is 0.0946. The van der Waals surface area contributed by atoms with Crippen molar-refractivity contribution in [3.63, 3.8) is 0 Å². The number of dihydropyridines is 1. The Bertz CT molecular complexity index is 989. The first kappa shape index (κ1) is 20.3. The number of benzene rings is 2. The lowest BCUT2D eigenvalue weighted by Crippen LogP contribution is -2.28. The Hall–Kier alpha value is -2.48. The molecule has 1 heterocycles. The summed E-state index contributed by atoms with van der Waals surface area (Å²) in [6.07, 6.45) is 0.990. The first-order chi connectivity index (χ1) is 13.6. The first-order valence-corrected chi connectivity index (χ1v) is 10.5. The van der Waals surface area contributed by atoms with E-state index in [1.54, 1.807) is 30.0 Å². The molecule has 28 heavy (non-hydrogen) atoms. The molecule has 142 valence electrons.